The van der Waals surface area contributed by atoms with Crippen molar-refractivity contribution in [2.45, 2.75) is 25.5 Å². The van der Waals surface area contributed by atoms with Crippen LogP contribution in [0.5, 0.6) is 0 Å². The van der Waals surface area contributed by atoms with Gasteiger partial charge in [0.15, 0.2) is 0 Å². The van der Waals surface area contributed by atoms with Crippen LogP contribution in [0.15, 0.2) is 0 Å². The van der Waals surface area contributed by atoms with Crippen molar-refractivity contribution in [1.29, 1.82) is 0 Å². The van der Waals surface area contributed by atoms with Crippen LogP contribution in [-0.2, 0) is 4.79 Å². The summed E-state index contributed by atoms with van der Waals surface area (Å²) in [5, 5.41) is 0.681. The summed E-state index contributed by atoms with van der Waals surface area (Å²) in [6.45, 7) is 7.33. The maximum atomic E-state index is 11.3. The fraction of sp³-hybridized carbons (Fsp3) is 0.900. The zero-order chi connectivity index (χ0) is 9.84. The number of rotatable bonds is 3. The van der Waals surface area contributed by atoms with Crippen LogP contribution in [0.25, 0.3) is 0 Å². The molecule has 3 heteroatoms. The average Bonchev–Trinajstić information content (AvgIpc) is 2.11. The minimum atomic E-state index is 0.253. The maximum Gasteiger partial charge on any atom is 0.138 e. The summed E-state index contributed by atoms with van der Waals surface area (Å²) in [5.41, 5.74) is 0. The van der Waals surface area contributed by atoms with Crippen LogP contribution in [0.3, 0.4) is 0 Å². The third kappa shape index (κ3) is 3.31. The molecule has 1 rings (SSSR count). The minimum absolute atomic E-state index is 0.253. The summed E-state index contributed by atoms with van der Waals surface area (Å²) in [7, 11) is 0. The maximum absolute atomic E-state index is 11.3. The van der Waals surface area contributed by atoms with Crippen LogP contribution in [0.1, 0.15) is 20.3 Å². The van der Waals surface area contributed by atoms with Gasteiger partial charge in [-0.25, -0.2) is 0 Å². The van der Waals surface area contributed by atoms with Gasteiger partial charge >= 0.3 is 0 Å². The Morgan fingerprint density at radius 3 is 2.92 bits per heavy atom. The molecule has 0 aliphatic carbocycles. The van der Waals surface area contributed by atoms with Gasteiger partial charge in [0.05, 0.1) is 0 Å². The first-order chi connectivity index (χ1) is 6.13. The van der Waals surface area contributed by atoms with Gasteiger partial charge in [0, 0.05) is 37.2 Å². The molecule has 2 atom stereocenters. The number of hydrogen-bond acceptors (Lipinski definition) is 3. The Bertz CT molecular complexity index is 184. The summed E-state index contributed by atoms with van der Waals surface area (Å²) < 4.78 is 0. The van der Waals surface area contributed by atoms with E-state index in [9.17, 15) is 4.79 Å². The number of piperidine rings is 1. The summed E-state index contributed by atoms with van der Waals surface area (Å²) in [6.07, 6.45) is 2.89. The molecular formula is C10H19NOS. The number of hydrogen-bond donors (Lipinski definition) is 0. The predicted molar refractivity (Wildman–Crippen MR) is 58.2 cm³/mol. The number of thioether (sulfide) groups is 1. The Morgan fingerprint density at radius 2 is 2.38 bits per heavy atom. The van der Waals surface area contributed by atoms with Gasteiger partial charge < -0.3 is 4.90 Å². The number of Topliss-reactive ketones (excluding diaryl/α,β-unsaturated/α-hetero) is 1. The van der Waals surface area contributed by atoms with E-state index in [1.54, 1.807) is 0 Å². The Kier molecular flexibility index (Phi) is 4.26. The lowest BCUT2D eigenvalue weighted by Gasteiger charge is -2.31. The van der Waals surface area contributed by atoms with E-state index in [4.69, 9.17) is 0 Å². The quantitative estimate of drug-likeness (QED) is 0.692. The molecule has 0 amide bonds. The first-order valence-electron chi connectivity index (χ1n) is 4.91. The smallest absolute Gasteiger partial charge is 0.138 e. The SMILES string of the molecule is CSC(C)CN1CCC(=O)C(C)C1. The summed E-state index contributed by atoms with van der Waals surface area (Å²) >= 11 is 1.89. The van der Waals surface area contributed by atoms with E-state index in [1.807, 2.05) is 18.7 Å². The van der Waals surface area contributed by atoms with Crippen LogP contribution < -0.4 is 0 Å². The first-order valence-corrected chi connectivity index (χ1v) is 6.20. The molecule has 0 radical (unpaired) electrons. The van der Waals surface area contributed by atoms with Gasteiger partial charge in [-0.15, -0.1) is 0 Å². The summed E-state index contributed by atoms with van der Waals surface area (Å²) in [5.74, 6) is 0.691. The topological polar surface area (TPSA) is 20.3 Å². The zero-order valence-electron chi connectivity index (χ0n) is 8.75. The molecule has 0 saturated carbocycles. The predicted octanol–water partition coefficient (Wildman–Crippen LogP) is 1.65. The van der Waals surface area contributed by atoms with Gasteiger partial charge in [0.1, 0.15) is 5.78 Å². The van der Waals surface area contributed by atoms with E-state index in [0.717, 1.165) is 26.1 Å². The number of ketones is 1. The largest absolute Gasteiger partial charge is 0.301 e. The molecule has 0 aromatic rings. The molecule has 1 aliphatic heterocycles. The standard InChI is InChI=1S/C10H19NOS/c1-8-6-11(5-4-10(8)12)7-9(2)13-3/h8-9H,4-7H2,1-3H3. The van der Waals surface area contributed by atoms with Gasteiger partial charge in [0.25, 0.3) is 0 Å². The monoisotopic (exact) mass is 201 g/mol. The third-order valence-electron chi connectivity index (χ3n) is 2.67. The number of carbonyl (C=O) groups is 1. The van der Waals surface area contributed by atoms with Crippen LogP contribution in [0, 0.1) is 5.92 Å². The van der Waals surface area contributed by atoms with Gasteiger partial charge in [-0.05, 0) is 6.26 Å². The molecule has 76 valence electrons. The highest BCUT2D eigenvalue weighted by Crippen LogP contribution is 2.15. The normalized spacial score (nSPS) is 27.6. The number of carbonyl (C=O) groups excluding carboxylic acids is 1. The Hall–Kier alpha value is -0.0200. The highest BCUT2D eigenvalue weighted by molar-refractivity contribution is 7.99. The molecule has 0 bridgehead atoms. The average molecular weight is 201 g/mol. The molecule has 1 saturated heterocycles. The highest BCUT2D eigenvalue weighted by Gasteiger charge is 2.23. The molecule has 0 aromatic carbocycles. The molecule has 1 aliphatic rings. The molecule has 13 heavy (non-hydrogen) atoms. The zero-order valence-corrected chi connectivity index (χ0v) is 9.56. The lowest BCUT2D eigenvalue weighted by Crippen LogP contribution is -2.42. The molecule has 0 N–H and O–H groups in total. The van der Waals surface area contributed by atoms with E-state index >= 15 is 0 Å². The number of nitrogens with zero attached hydrogens (tertiary/aromatic N) is 1. The lowest BCUT2D eigenvalue weighted by atomic mass is 9.98. The summed E-state index contributed by atoms with van der Waals surface area (Å²) in [6, 6.07) is 0. The van der Waals surface area contributed by atoms with Crippen LogP contribution in [0.4, 0.5) is 0 Å². The molecule has 1 heterocycles. The fourth-order valence-corrected chi connectivity index (χ4v) is 2.06. The van der Waals surface area contributed by atoms with E-state index in [1.165, 1.54) is 0 Å². The van der Waals surface area contributed by atoms with Crippen LogP contribution >= 0.6 is 11.8 Å². The van der Waals surface area contributed by atoms with Crippen molar-refractivity contribution in [3.8, 4) is 0 Å². The van der Waals surface area contributed by atoms with Gasteiger partial charge in [0.2, 0.25) is 0 Å². The second-order valence-corrected chi connectivity index (χ2v) is 5.20. The van der Waals surface area contributed by atoms with Crippen molar-refractivity contribution >= 4 is 17.5 Å². The van der Waals surface area contributed by atoms with Gasteiger partial charge in [-0.3, -0.25) is 4.79 Å². The van der Waals surface area contributed by atoms with Crippen molar-refractivity contribution in [3.05, 3.63) is 0 Å². The minimum Gasteiger partial charge on any atom is -0.301 e. The molecule has 0 aromatic heterocycles. The van der Waals surface area contributed by atoms with Crippen LogP contribution in [0.2, 0.25) is 0 Å². The van der Waals surface area contributed by atoms with Crippen molar-refractivity contribution in [2.24, 2.45) is 5.92 Å². The van der Waals surface area contributed by atoms with Crippen molar-refractivity contribution in [3.63, 3.8) is 0 Å². The second kappa shape index (κ2) is 5.01. The molecular weight excluding hydrogens is 182 g/mol. The van der Waals surface area contributed by atoms with E-state index in [2.05, 4.69) is 18.1 Å². The van der Waals surface area contributed by atoms with Crippen LogP contribution in [-0.4, -0.2) is 41.8 Å². The molecule has 2 nitrogen and oxygen atoms in total. The van der Waals surface area contributed by atoms with Crippen molar-refractivity contribution in [1.82, 2.24) is 4.90 Å². The second-order valence-electron chi connectivity index (χ2n) is 3.92. The highest BCUT2D eigenvalue weighted by atomic mass is 32.2. The Morgan fingerprint density at radius 1 is 1.69 bits per heavy atom. The summed E-state index contributed by atoms with van der Waals surface area (Å²) in [4.78, 5) is 13.7. The van der Waals surface area contributed by atoms with Gasteiger partial charge in [-0.2, -0.15) is 11.8 Å². The molecule has 2 unspecified atom stereocenters. The third-order valence-corrected chi connectivity index (χ3v) is 3.63. The van der Waals surface area contributed by atoms with Crippen molar-refractivity contribution in [2.75, 3.05) is 25.9 Å². The van der Waals surface area contributed by atoms with Crippen molar-refractivity contribution < 1.29 is 4.79 Å². The lowest BCUT2D eigenvalue weighted by molar-refractivity contribution is -0.125. The Balaban J connectivity index is 2.33. The van der Waals surface area contributed by atoms with E-state index in [0.29, 0.717) is 11.0 Å². The van der Waals surface area contributed by atoms with E-state index in [-0.39, 0.29) is 5.92 Å². The Labute approximate surface area is 85.1 Å². The molecule has 0 spiro atoms. The van der Waals surface area contributed by atoms with Gasteiger partial charge in [-0.1, -0.05) is 13.8 Å². The first kappa shape index (κ1) is 11.1. The fourth-order valence-electron chi connectivity index (χ4n) is 1.70. The molecule has 1 fully saturated rings. The van der Waals surface area contributed by atoms with E-state index < -0.39 is 0 Å². The number of likely N-dealkylation sites (tertiary alicyclic amines) is 1.